The number of carboxylic acid groups (broad SMARTS) is 1. The Kier molecular flexibility index (Phi) is 4.46. The van der Waals surface area contributed by atoms with Gasteiger partial charge in [-0.05, 0) is 18.6 Å². The number of phenolic OH excluding ortho intramolecular Hbond substituents is 2. The van der Waals surface area contributed by atoms with Gasteiger partial charge in [0.05, 0.1) is 5.56 Å². The van der Waals surface area contributed by atoms with E-state index in [9.17, 15) is 23.4 Å². The first kappa shape index (κ1) is 16.6. The summed E-state index contributed by atoms with van der Waals surface area (Å²) >= 11 is 0. The number of carboxylic acids is 1. The van der Waals surface area contributed by atoms with E-state index in [4.69, 9.17) is 9.29 Å². The summed E-state index contributed by atoms with van der Waals surface area (Å²) in [5.74, 6) is -3.69. The molecule has 7 nitrogen and oxygen atoms in total. The van der Waals surface area contributed by atoms with Gasteiger partial charge >= 0.3 is 16.1 Å². The molecule has 2 aromatic carbocycles. The highest BCUT2D eigenvalue weighted by molar-refractivity contribution is 7.87. The number of hydrogen-bond donors (Lipinski definition) is 3. The molecule has 122 valence electrons. The number of rotatable bonds is 5. The molecule has 0 bridgehead atoms. The maximum atomic E-state index is 12.3. The standard InChI is InChI=1S/C15H14O7S/c1-9(10-5-3-2-4-6-10)23(20,21)22-13-8-11(15(18)19)7-12(16)14(13)17/h2-9,16-17H,1H3,(H,18,19). The van der Waals surface area contributed by atoms with Crippen molar-refractivity contribution < 1.29 is 32.7 Å². The Morgan fingerprint density at radius 3 is 2.30 bits per heavy atom. The molecular weight excluding hydrogens is 324 g/mol. The summed E-state index contributed by atoms with van der Waals surface area (Å²) in [6.45, 7) is 1.39. The van der Waals surface area contributed by atoms with Gasteiger partial charge in [0.2, 0.25) is 5.75 Å². The predicted octanol–water partition coefficient (Wildman–Crippen LogP) is 2.27. The Labute approximate surface area is 132 Å². The second kappa shape index (κ2) is 6.17. The summed E-state index contributed by atoms with van der Waals surface area (Å²) in [6, 6.07) is 9.85. The molecule has 0 radical (unpaired) electrons. The highest BCUT2D eigenvalue weighted by Crippen LogP contribution is 2.38. The van der Waals surface area contributed by atoms with Crippen LogP contribution in [0, 0.1) is 0 Å². The molecular formula is C15H14O7S. The number of carbonyl (C=O) groups is 1. The monoisotopic (exact) mass is 338 g/mol. The van der Waals surface area contributed by atoms with Gasteiger partial charge < -0.3 is 19.5 Å². The number of phenols is 2. The molecule has 0 aliphatic rings. The van der Waals surface area contributed by atoms with E-state index in [0.29, 0.717) is 5.56 Å². The average molecular weight is 338 g/mol. The smallest absolute Gasteiger partial charge is 0.335 e. The summed E-state index contributed by atoms with van der Waals surface area (Å²) in [4.78, 5) is 10.9. The predicted molar refractivity (Wildman–Crippen MR) is 81.1 cm³/mol. The molecule has 0 heterocycles. The molecule has 0 fully saturated rings. The molecule has 2 aromatic rings. The van der Waals surface area contributed by atoms with E-state index in [1.807, 2.05) is 0 Å². The highest BCUT2D eigenvalue weighted by Gasteiger charge is 2.27. The zero-order valence-corrected chi connectivity index (χ0v) is 12.8. The van der Waals surface area contributed by atoms with Crippen LogP contribution in [-0.4, -0.2) is 29.7 Å². The quantitative estimate of drug-likeness (QED) is 0.565. The van der Waals surface area contributed by atoms with Gasteiger partial charge in [-0.1, -0.05) is 30.3 Å². The zero-order chi connectivity index (χ0) is 17.2. The van der Waals surface area contributed by atoms with E-state index < -0.39 is 44.1 Å². The molecule has 8 heteroatoms. The Balaban J connectivity index is 2.39. The number of hydrogen-bond acceptors (Lipinski definition) is 6. The highest BCUT2D eigenvalue weighted by atomic mass is 32.2. The van der Waals surface area contributed by atoms with Crippen molar-refractivity contribution in [1.82, 2.24) is 0 Å². The summed E-state index contributed by atoms with van der Waals surface area (Å²) in [6.07, 6.45) is 0. The summed E-state index contributed by atoms with van der Waals surface area (Å²) in [5, 5.41) is 27.0. The van der Waals surface area contributed by atoms with Gasteiger partial charge in [-0.15, -0.1) is 0 Å². The van der Waals surface area contributed by atoms with Crippen molar-refractivity contribution >= 4 is 16.1 Å². The van der Waals surface area contributed by atoms with E-state index in [0.717, 1.165) is 12.1 Å². The van der Waals surface area contributed by atoms with Crippen molar-refractivity contribution in [3.63, 3.8) is 0 Å². The van der Waals surface area contributed by atoms with Gasteiger partial charge in [0, 0.05) is 6.07 Å². The SMILES string of the molecule is CC(c1ccccc1)S(=O)(=O)Oc1cc(C(=O)O)cc(O)c1O. The van der Waals surface area contributed by atoms with E-state index in [1.54, 1.807) is 30.3 Å². The zero-order valence-electron chi connectivity index (χ0n) is 12.0. The van der Waals surface area contributed by atoms with E-state index >= 15 is 0 Å². The van der Waals surface area contributed by atoms with Crippen LogP contribution < -0.4 is 4.18 Å². The lowest BCUT2D eigenvalue weighted by Gasteiger charge is -2.15. The van der Waals surface area contributed by atoms with Crippen molar-refractivity contribution in [1.29, 1.82) is 0 Å². The molecule has 23 heavy (non-hydrogen) atoms. The topological polar surface area (TPSA) is 121 Å². The Morgan fingerprint density at radius 1 is 1.13 bits per heavy atom. The third-order valence-corrected chi connectivity index (χ3v) is 4.76. The first-order valence-electron chi connectivity index (χ1n) is 6.50. The fourth-order valence-corrected chi connectivity index (χ4v) is 2.88. The van der Waals surface area contributed by atoms with Crippen LogP contribution in [0.15, 0.2) is 42.5 Å². The van der Waals surface area contributed by atoms with Crippen LogP contribution in [0.5, 0.6) is 17.2 Å². The molecule has 0 aromatic heterocycles. The molecule has 0 amide bonds. The van der Waals surface area contributed by atoms with Gasteiger partial charge in [-0.25, -0.2) is 4.79 Å². The largest absolute Gasteiger partial charge is 0.504 e. The van der Waals surface area contributed by atoms with Crippen LogP contribution in [-0.2, 0) is 10.1 Å². The van der Waals surface area contributed by atoms with Crippen LogP contribution in [0.4, 0.5) is 0 Å². The van der Waals surface area contributed by atoms with Gasteiger partial charge in [-0.3, -0.25) is 0 Å². The van der Waals surface area contributed by atoms with Gasteiger partial charge in [0.15, 0.2) is 11.5 Å². The molecule has 3 N–H and O–H groups in total. The van der Waals surface area contributed by atoms with Crippen LogP contribution in [0.1, 0.15) is 28.1 Å². The number of benzene rings is 2. The molecule has 1 unspecified atom stereocenters. The lowest BCUT2D eigenvalue weighted by Crippen LogP contribution is -2.17. The lowest BCUT2D eigenvalue weighted by molar-refractivity contribution is 0.0696. The third-order valence-electron chi connectivity index (χ3n) is 3.21. The number of aromatic hydroxyl groups is 2. The minimum absolute atomic E-state index is 0.419. The maximum absolute atomic E-state index is 12.3. The lowest BCUT2D eigenvalue weighted by atomic mass is 10.2. The van der Waals surface area contributed by atoms with Gasteiger partial charge in [0.25, 0.3) is 0 Å². The summed E-state index contributed by atoms with van der Waals surface area (Å²) in [5.41, 5.74) is 0.0449. The minimum atomic E-state index is -4.21. The van der Waals surface area contributed by atoms with Crippen LogP contribution in [0.25, 0.3) is 0 Å². The first-order valence-corrected chi connectivity index (χ1v) is 7.97. The Bertz CT molecular complexity index is 828. The maximum Gasteiger partial charge on any atom is 0.335 e. The second-order valence-corrected chi connectivity index (χ2v) is 6.64. The van der Waals surface area contributed by atoms with Crippen LogP contribution in [0.3, 0.4) is 0 Å². The van der Waals surface area contributed by atoms with Crippen molar-refractivity contribution in [3.05, 3.63) is 53.6 Å². The van der Waals surface area contributed by atoms with Crippen molar-refractivity contribution in [2.75, 3.05) is 0 Å². The average Bonchev–Trinajstić information content (AvgIpc) is 2.51. The number of aromatic carboxylic acids is 1. The van der Waals surface area contributed by atoms with Gasteiger partial charge in [0.1, 0.15) is 5.25 Å². The third kappa shape index (κ3) is 3.54. The van der Waals surface area contributed by atoms with Crippen molar-refractivity contribution in [2.24, 2.45) is 0 Å². The van der Waals surface area contributed by atoms with Crippen LogP contribution in [0.2, 0.25) is 0 Å². The molecule has 1 atom stereocenters. The van der Waals surface area contributed by atoms with E-state index in [1.165, 1.54) is 6.92 Å². The molecule has 0 spiro atoms. The second-order valence-electron chi connectivity index (χ2n) is 4.78. The fourth-order valence-electron chi connectivity index (χ4n) is 1.87. The van der Waals surface area contributed by atoms with Crippen LogP contribution >= 0.6 is 0 Å². The van der Waals surface area contributed by atoms with E-state index in [-0.39, 0.29) is 0 Å². The molecule has 0 aliphatic carbocycles. The normalized spacial score (nSPS) is 12.6. The Hall–Kier alpha value is -2.74. The van der Waals surface area contributed by atoms with Gasteiger partial charge in [-0.2, -0.15) is 8.42 Å². The fraction of sp³-hybridized carbons (Fsp3) is 0.133. The minimum Gasteiger partial charge on any atom is -0.504 e. The molecule has 2 rings (SSSR count). The first-order chi connectivity index (χ1) is 10.7. The van der Waals surface area contributed by atoms with E-state index in [2.05, 4.69) is 0 Å². The molecule has 0 saturated heterocycles. The Morgan fingerprint density at radius 2 is 1.74 bits per heavy atom. The van der Waals surface area contributed by atoms with Crippen molar-refractivity contribution in [2.45, 2.75) is 12.2 Å². The summed E-state index contributed by atoms with van der Waals surface area (Å²) < 4.78 is 29.4. The molecule has 0 aliphatic heterocycles. The molecule has 0 saturated carbocycles. The summed E-state index contributed by atoms with van der Waals surface area (Å²) in [7, 11) is -4.21. The van der Waals surface area contributed by atoms with Crippen molar-refractivity contribution in [3.8, 4) is 17.2 Å².